The van der Waals surface area contributed by atoms with Crippen molar-refractivity contribution in [2.45, 2.75) is 38.6 Å². The maximum Gasteiger partial charge on any atom is 0.334 e. The first-order valence-corrected chi connectivity index (χ1v) is 14.0. The van der Waals surface area contributed by atoms with Crippen LogP contribution in [-0.4, -0.2) is 84.2 Å². The van der Waals surface area contributed by atoms with E-state index in [1.165, 1.54) is 0 Å². The lowest BCUT2D eigenvalue weighted by Gasteiger charge is -2.54. The number of piperazine rings is 1. The van der Waals surface area contributed by atoms with Crippen LogP contribution in [0.3, 0.4) is 0 Å². The summed E-state index contributed by atoms with van der Waals surface area (Å²) in [7, 11) is 4.85. The largest absolute Gasteiger partial charge is 0.493 e. The number of para-hydroxylation sites is 1. The van der Waals surface area contributed by atoms with Gasteiger partial charge in [0.1, 0.15) is 12.2 Å². The van der Waals surface area contributed by atoms with Crippen molar-refractivity contribution in [1.82, 2.24) is 25.1 Å². The van der Waals surface area contributed by atoms with E-state index in [0.717, 1.165) is 22.3 Å². The highest BCUT2D eigenvalue weighted by Crippen LogP contribution is 2.34. The van der Waals surface area contributed by atoms with Gasteiger partial charge in [0.2, 0.25) is 11.8 Å². The lowest BCUT2D eigenvalue weighted by molar-refractivity contribution is -0.187. The third-order valence-corrected chi connectivity index (χ3v) is 7.83. The lowest BCUT2D eigenvalue weighted by Crippen LogP contribution is -2.76. The van der Waals surface area contributed by atoms with E-state index in [1.807, 2.05) is 73.7 Å². The summed E-state index contributed by atoms with van der Waals surface area (Å²) < 4.78 is 11.1. The molecule has 0 aromatic heterocycles. The summed E-state index contributed by atoms with van der Waals surface area (Å²) in [6, 6.07) is 22.0. The number of hydrogen-bond donors (Lipinski definition) is 1. The summed E-state index contributed by atoms with van der Waals surface area (Å²) in [6.45, 7) is 2.69. The number of urea groups is 1. The van der Waals surface area contributed by atoms with Crippen molar-refractivity contribution in [2.75, 3.05) is 34.4 Å². The van der Waals surface area contributed by atoms with Crippen LogP contribution < -0.4 is 14.8 Å². The Morgan fingerprint density at radius 2 is 1.67 bits per heavy atom. The number of nitrogens with zero attached hydrogens (tertiary/aromatic N) is 4. The Morgan fingerprint density at radius 1 is 0.929 bits per heavy atom. The second-order valence-electron chi connectivity index (χ2n) is 10.7. The van der Waals surface area contributed by atoms with E-state index in [-0.39, 0.29) is 37.5 Å². The molecule has 0 aliphatic carbocycles. The predicted molar refractivity (Wildman–Crippen MR) is 157 cm³/mol. The molecular formula is C32H37N5O5. The van der Waals surface area contributed by atoms with E-state index in [2.05, 4.69) is 5.32 Å². The van der Waals surface area contributed by atoms with Gasteiger partial charge in [-0.25, -0.2) is 14.8 Å². The van der Waals surface area contributed by atoms with Gasteiger partial charge in [0, 0.05) is 32.1 Å². The van der Waals surface area contributed by atoms with Gasteiger partial charge in [-0.15, -0.1) is 0 Å². The number of carbonyl (C=O) groups excluding carboxylic acids is 3. The number of likely N-dealkylation sites (N-methyl/N-ethyl adjacent to an activating group) is 1. The van der Waals surface area contributed by atoms with Crippen LogP contribution in [0.2, 0.25) is 0 Å². The standard InChI is InChI=1S/C32H37N5O5/c1-22-13-15-23(16-14-22)17-26-31(39)35(19-25-11-8-12-27(41-3)30(25)42-4)20-28-36(26)29(38)21-34(2)37(28)32(40)33-18-24-9-6-5-7-10-24/h5-16,26,28H,17-21H2,1-4H3,(H,33,40)/t26-,28?/m0/s1. The zero-order chi connectivity index (χ0) is 29.8. The topological polar surface area (TPSA) is 94.7 Å². The zero-order valence-electron chi connectivity index (χ0n) is 24.4. The third-order valence-electron chi connectivity index (χ3n) is 7.83. The van der Waals surface area contributed by atoms with E-state index in [1.54, 1.807) is 47.2 Å². The summed E-state index contributed by atoms with van der Waals surface area (Å²) >= 11 is 0. The molecule has 10 nitrogen and oxygen atoms in total. The van der Waals surface area contributed by atoms with Crippen molar-refractivity contribution in [3.05, 3.63) is 95.1 Å². The molecule has 1 unspecified atom stereocenters. The number of nitrogens with one attached hydrogen (secondary N) is 1. The normalized spacial score (nSPS) is 19.0. The number of benzene rings is 3. The second-order valence-corrected chi connectivity index (χ2v) is 10.7. The fraction of sp³-hybridized carbons (Fsp3) is 0.344. The van der Waals surface area contributed by atoms with Crippen molar-refractivity contribution in [2.24, 2.45) is 0 Å². The van der Waals surface area contributed by atoms with Crippen molar-refractivity contribution >= 4 is 17.8 Å². The van der Waals surface area contributed by atoms with Crippen molar-refractivity contribution < 1.29 is 23.9 Å². The van der Waals surface area contributed by atoms with Gasteiger partial charge in [0.15, 0.2) is 11.5 Å². The summed E-state index contributed by atoms with van der Waals surface area (Å²) in [5, 5.41) is 6.19. The molecule has 4 amide bonds. The van der Waals surface area contributed by atoms with Gasteiger partial charge in [-0.3, -0.25) is 9.59 Å². The van der Waals surface area contributed by atoms with Crippen LogP contribution in [-0.2, 0) is 29.1 Å². The van der Waals surface area contributed by atoms with Gasteiger partial charge in [-0.2, -0.15) is 0 Å². The highest BCUT2D eigenvalue weighted by molar-refractivity contribution is 5.91. The number of hydrogen-bond acceptors (Lipinski definition) is 6. The fourth-order valence-electron chi connectivity index (χ4n) is 5.73. The molecule has 0 saturated carbocycles. The highest BCUT2D eigenvalue weighted by Gasteiger charge is 2.50. The molecule has 1 N–H and O–H groups in total. The number of rotatable bonds is 8. The molecule has 5 rings (SSSR count). The molecule has 2 aliphatic rings. The maximum absolute atomic E-state index is 14.2. The van der Waals surface area contributed by atoms with Crippen LogP contribution in [0, 0.1) is 6.92 Å². The molecule has 2 heterocycles. The third kappa shape index (κ3) is 5.89. The first-order chi connectivity index (χ1) is 20.3. The summed E-state index contributed by atoms with van der Waals surface area (Å²) in [4.78, 5) is 44.7. The van der Waals surface area contributed by atoms with Gasteiger partial charge in [0.05, 0.1) is 27.3 Å². The molecule has 0 bridgehead atoms. The Balaban J connectivity index is 1.49. The van der Waals surface area contributed by atoms with Crippen molar-refractivity contribution in [3.8, 4) is 11.5 Å². The van der Waals surface area contributed by atoms with Gasteiger partial charge in [-0.05, 0) is 24.1 Å². The average Bonchev–Trinajstić information content (AvgIpc) is 2.99. The van der Waals surface area contributed by atoms with Gasteiger partial charge in [-0.1, -0.05) is 72.3 Å². The molecule has 220 valence electrons. The monoisotopic (exact) mass is 571 g/mol. The molecule has 0 radical (unpaired) electrons. The van der Waals surface area contributed by atoms with Crippen LogP contribution in [0.5, 0.6) is 11.5 Å². The van der Waals surface area contributed by atoms with Crippen LogP contribution in [0.1, 0.15) is 22.3 Å². The predicted octanol–water partition coefficient (Wildman–Crippen LogP) is 3.19. The van der Waals surface area contributed by atoms with Crippen LogP contribution in [0.25, 0.3) is 0 Å². The van der Waals surface area contributed by atoms with Gasteiger partial charge < -0.3 is 24.6 Å². The molecule has 42 heavy (non-hydrogen) atoms. The summed E-state index contributed by atoms with van der Waals surface area (Å²) in [5.74, 6) is 0.726. The average molecular weight is 572 g/mol. The summed E-state index contributed by atoms with van der Waals surface area (Å²) in [5.41, 5.74) is 3.77. The molecule has 2 aliphatic heterocycles. The first-order valence-electron chi connectivity index (χ1n) is 14.0. The number of aryl methyl sites for hydroxylation is 1. The molecule has 2 saturated heterocycles. The van der Waals surface area contributed by atoms with Gasteiger partial charge in [0.25, 0.3) is 0 Å². The molecule has 2 fully saturated rings. The first kappa shape index (κ1) is 28.9. The number of ether oxygens (including phenoxy) is 2. The number of carbonyl (C=O) groups is 3. The zero-order valence-corrected chi connectivity index (χ0v) is 24.4. The van der Waals surface area contributed by atoms with E-state index in [0.29, 0.717) is 24.5 Å². The Morgan fingerprint density at radius 3 is 2.36 bits per heavy atom. The van der Waals surface area contributed by atoms with Crippen LogP contribution >= 0.6 is 0 Å². The number of hydrazine groups is 1. The minimum absolute atomic E-state index is 0.0172. The fourth-order valence-corrected chi connectivity index (χ4v) is 5.73. The van der Waals surface area contributed by atoms with E-state index in [9.17, 15) is 14.4 Å². The molecular weight excluding hydrogens is 534 g/mol. The highest BCUT2D eigenvalue weighted by atomic mass is 16.5. The minimum Gasteiger partial charge on any atom is -0.493 e. The molecule has 0 spiro atoms. The van der Waals surface area contributed by atoms with Gasteiger partial charge >= 0.3 is 6.03 Å². The Hall–Kier alpha value is -4.57. The van der Waals surface area contributed by atoms with Crippen LogP contribution in [0.4, 0.5) is 4.79 Å². The number of methoxy groups -OCH3 is 2. The van der Waals surface area contributed by atoms with Crippen LogP contribution in [0.15, 0.2) is 72.8 Å². The van der Waals surface area contributed by atoms with Crippen molar-refractivity contribution in [1.29, 1.82) is 0 Å². The number of amides is 4. The van der Waals surface area contributed by atoms with E-state index in [4.69, 9.17) is 9.47 Å². The maximum atomic E-state index is 14.2. The molecule has 10 heteroatoms. The quantitative estimate of drug-likeness (QED) is 0.447. The second kappa shape index (κ2) is 12.5. The Kier molecular flexibility index (Phi) is 8.63. The molecule has 3 aromatic carbocycles. The molecule has 3 aromatic rings. The SMILES string of the molecule is COc1cccc(CN2CC3N(C(=O)CN(C)N3C(=O)NCc3ccccc3)[C@@H](Cc3ccc(C)cc3)C2=O)c1OC. The molecule has 2 atom stereocenters. The van der Waals surface area contributed by atoms with E-state index >= 15 is 0 Å². The van der Waals surface area contributed by atoms with E-state index < -0.39 is 12.2 Å². The Labute approximate surface area is 246 Å². The van der Waals surface area contributed by atoms with Crippen molar-refractivity contribution in [3.63, 3.8) is 0 Å². The minimum atomic E-state index is -0.784. The lowest BCUT2D eigenvalue weighted by atomic mass is 9.97. The summed E-state index contributed by atoms with van der Waals surface area (Å²) in [6.07, 6.45) is -0.368. The Bertz CT molecular complexity index is 1430. The smallest absolute Gasteiger partial charge is 0.334 e. The number of fused-ring (bicyclic) bond motifs is 1.